The summed E-state index contributed by atoms with van der Waals surface area (Å²) in [6.07, 6.45) is 4.97. The molecule has 0 bridgehead atoms. The van der Waals surface area contributed by atoms with E-state index in [1.54, 1.807) is 0 Å². The predicted octanol–water partition coefficient (Wildman–Crippen LogP) is 3.73. The Balaban J connectivity index is 1.31. The summed E-state index contributed by atoms with van der Waals surface area (Å²) in [4.78, 5) is 0. The van der Waals surface area contributed by atoms with Crippen molar-refractivity contribution in [3.63, 3.8) is 0 Å². The largest absolute Gasteiger partial charge is 0.493 e. The fraction of sp³-hybridized carbons (Fsp3) is 0.667. The van der Waals surface area contributed by atoms with Gasteiger partial charge >= 0.3 is 0 Å². The van der Waals surface area contributed by atoms with Crippen molar-refractivity contribution in [1.82, 2.24) is 0 Å². The zero-order valence-electron chi connectivity index (χ0n) is 12.9. The van der Waals surface area contributed by atoms with Crippen molar-refractivity contribution in [3.05, 3.63) is 29.8 Å². The Morgan fingerprint density at radius 1 is 1.14 bits per heavy atom. The molecule has 4 rings (SSSR count). The molecule has 1 aromatic carbocycles. The van der Waals surface area contributed by atoms with Crippen LogP contribution in [0.1, 0.15) is 44.8 Å². The third-order valence-corrected chi connectivity index (χ3v) is 5.11. The highest BCUT2D eigenvalue weighted by Gasteiger charge is 2.44. The molecule has 0 radical (unpaired) electrons. The van der Waals surface area contributed by atoms with Gasteiger partial charge in [0.15, 0.2) is 0 Å². The molecule has 1 aromatic rings. The Bertz CT molecular complexity index is 508. The van der Waals surface area contributed by atoms with E-state index in [0.717, 1.165) is 19.0 Å². The summed E-state index contributed by atoms with van der Waals surface area (Å²) in [6.45, 7) is 6.17. The van der Waals surface area contributed by atoms with E-state index in [0.29, 0.717) is 18.1 Å². The highest BCUT2D eigenvalue weighted by atomic mass is 16.6. The highest BCUT2D eigenvalue weighted by molar-refractivity contribution is 5.30. The molecule has 2 heterocycles. The van der Waals surface area contributed by atoms with Gasteiger partial charge in [0.05, 0.1) is 31.5 Å². The van der Waals surface area contributed by atoms with Gasteiger partial charge in [0.25, 0.3) is 0 Å². The van der Waals surface area contributed by atoms with E-state index >= 15 is 0 Å². The fourth-order valence-electron chi connectivity index (χ4n) is 3.64. The first-order valence-corrected chi connectivity index (χ1v) is 8.12. The Morgan fingerprint density at radius 3 is 2.57 bits per heavy atom. The summed E-state index contributed by atoms with van der Waals surface area (Å²) >= 11 is 0. The van der Waals surface area contributed by atoms with Gasteiger partial charge < -0.3 is 14.2 Å². The molecule has 3 fully saturated rings. The molecule has 2 saturated heterocycles. The van der Waals surface area contributed by atoms with Crippen molar-refractivity contribution >= 4 is 0 Å². The van der Waals surface area contributed by atoms with Gasteiger partial charge in [-0.15, -0.1) is 0 Å². The topological polar surface area (TPSA) is 31.0 Å². The van der Waals surface area contributed by atoms with Crippen LogP contribution in [0.5, 0.6) is 5.75 Å². The molecular formula is C18H24O3. The molecule has 0 N–H and O–H groups in total. The molecule has 114 valence electrons. The molecule has 1 saturated carbocycles. The van der Waals surface area contributed by atoms with Gasteiger partial charge in [-0.05, 0) is 42.9 Å². The predicted molar refractivity (Wildman–Crippen MR) is 80.4 cm³/mol. The average Bonchev–Trinajstić information content (AvgIpc) is 3.24. The summed E-state index contributed by atoms with van der Waals surface area (Å²) < 4.78 is 17.2. The maximum Gasteiger partial charge on any atom is 0.119 e. The second-order valence-corrected chi connectivity index (χ2v) is 7.45. The van der Waals surface area contributed by atoms with Crippen LogP contribution < -0.4 is 4.74 Å². The first-order valence-electron chi connectivity index (χ1n) is 8.12. The summed E-state index contributed by atoms with van der Waals surface area (Å²) in [5, 5.41) is 0. The van der Waals surface area contributed by atoms with Gasteiger partial charge in [0.2, 0.25) is 0 Å². The lowest BCUT2D eigenvalue weighted by atomic mass is 9.79. The van der Waals surface area contributed by atoms with Gasteiger partial charge in [-0.25, -0.2) is 0 Å². The van der Waals surface area contributed by atoms with Gasteiger partial charge in [-0.3, -0.25) is 0 Å². The first kappa shape index (κ1) is 13.6. The minimum absolute atomic E-state index is 0.230. The number of ether oxygens (including phenoxy) is 3. The molecule has 2 aliphatic heterocycles. The molecular weight excluding hydrogens is 264 g/mol. The zero-order valence-corrected chi connectivity index (χ0v) is 12.9. The minimum Gasteiger partial charge on any atom is -0.493 e. The maximum absolute atomic E-state index is 5.95. The minimum atomic E-state index is 0.230. The highest BCUT2D eigenvalue weighted by Crippen LogP contribution is 2.45. The third kappa shape index (κ3) is 2.69. The van der Waals surface area contributed by atoms with Crippen LogP contribution in [0.25, 0.3) is 0 Å². The molecule has 21 heavy (non-hydrogen) atoms. The van der Waals surface area contributed by atoms with Gasteiger partial charge in [-0.1, -0.05) is 26.0 Å². The summed E-state index contributed by atoms with van der Waals surface area (Å²) in [5.41, 5.74) is 1.51. The van der Waals surface area contributed by atoms with Crippen LogP contribution in [0.15, 0.2) is 24.3 Å². The molecule has 3 aliphatic rings. The fourth-order valence-corrected chi connectivity index (χ4v) is 3.64. The van der Waals surface area contributed by atoms with Crippen LogP contribution in [-0.4, -0.2) is 25.4 Å². The van der Waals surface area contributed by atoms with E-state index < -0.39 is 0 Å². The lowest BCUT2D eigenvalue weighted by Gasteiger charge is -2.44. The molecule has 3 heteroatoms. The van der Waals surface area contributed by atoms with E-state index in [9.17, 15) is 0 Å². The van der Waals surface area contributed by atoms with Crippen LogP contribution in [-0.2, 0) is 9.47 Å². The lowest BCUT2D eigenvalue weighted by Crippen LogP contribution is -2.40. The summed E-state index contributed by atoms with van der Waals surface area (Å²) in [6, 6.07) is 8.43. The number of fused-ring (bicyclic) bond motifs is 1. The molecule has 3 nitrogen and oxygen atoms in total. The number of benzene rings is 1. The molecule has 4 atom stereocenters. The average molecular weight is 288 g/mol. The van der Waals surface area contributed by atoms with Crippen LogP contribution in [0, 0.1) is 11.3 Å². The van der Waals surface area contributed by atoms with E-state index in [1.165, 1.54) is 24.8 Å². The molecule has 0 spiro atoms. The molecule has 0 amide bonds. The Kier molecular flexibility index (Phi) is 3.23. The molecule has 1 aliphatic carbocycles. The zero-order chi connectivity index (χ0) is 14.4. The Labute approximate surface area is 126 Å². The van der Waals surface area contributed by atoms with Crippen molar-refractivity contribution < 1.29 is 14.2 Å². The number of epoxide rings is 1. The monoisotopic (exact) mass is 288 g/mol. The Morgan fingerprint density at radius 2 is 1.95 bits per heavy atom. The van der Waals surface area contributed by atoms with E-state index in [4.69, 9.17) is 14.2 Å². The maximum atomic E-state index is 5.95. The van der Waals surface area contributed by atoms with E-state index in [1.807, 2.05) is 0 Å². The second kappa shape index (κ2) is 4.99. The number of rotatable bonds is 4. The quantitative estimate of drug-likeness (QED) is 0.791. The smallest absolute Gasteiger partial charge is 0.119 e. The summed E-state index contributed by atoms with van der Waals surface area (Å²) in [5.74, 6) is 1.62. The van der Waals surface area contributed by atoms with Crippen LogP contribution in [0.2, 0.25) is 0 Å². The van der Waals surface area contributed by atoms with Gasteiger partial charge in [-0.2, -0.15) is 0 Å². The normalized spacial score (nSPS) is 36.5. The second-order valence-electron chi connectivity index (χ2n) is 7.45. The van der Waals surface area contributed by atoms with Crippen molar-refractivity contribution in [2.45, 2.75) is 51.4 Å². The Hall–Kier alpha value is -1.06. The van der Waals surface area contributed by atoms with Crippen LogP contribution in [0.4, 0.5) is 0 Å². The van der Waals surface area contributed by atoms with E-state index in [-0.39, 0.29) is 11.5 Å². The number of hydrogen-bond donors (Lipinski definition) is 0. The SMILES string of the molecule is CC1(C)COC1c1ccc(OCC2CCC3OC3C2)cc1. The standard InChI is InChI=1S/C18H24O3/c1-18(2)11-20-17(18)13-4-6-14(7-5-13)19-10-12-3-8-15-16(9-12)21-15/h4-7,12,15-17H,3,8-11H2,1-2H3. The van der Waals surface area contributed by atoms with Gasteiger partial charge in [0, 0.05) is 5.41 Å². The van der Waals surface area contributed by atoms with Crippen molar-refractivity contribution in [2.75, 3.05) is 13.2 Å². The lowest BCUT2D eigenvalue weighted by molar-refractivity contribution is -0.172. The third-order valence-electron chi connectivity index (χ3n) is 5.11. The van der Waals surface area contributed by atoms with Crippen molar-refractivity contribution in [2.24, 2.45) is 11.3 Å². The van der Waals surface area contributed by atoms with Crippen LogP contribution >= 0.6 is 0 Å². The van der Waals surface area contributed by atoms with Crippen LogP contribution in [0.3, 0.4) is 0 Å². The summed E-state index contributed by atoms with van der Waals surface area (Å²) in [7, 11) is 0. The van der Waals surface area contributed by atoms with Crippen molar-refractivity contribution in [3.8, 4) is 5.75 Å². The van der Waals surface area contributed by atoms with Crippen molar-refractivity contribution in [1.29, 1.82) is 0 Å². The van der Waals surface area contributed by atoms with E-state index in [2.05, 4.69) is 38.1 Å². The van der Waals surface area contributed by atoms with Gasteiger partial charge in [0.1, 0.15) is 5.75 Å². The number of hydrogen-bond acceptors (Lipinski definition) is 3. The molecule has 4 unspecified atom stereocenters. The molecule has 0 aromatic heterocycles. The first-order chi connectivity index (χ1) is 10.1.